The van der Waals surface area contributed by atoms with E-state index in [1.165, 1.54) is 5.56 Å². The molecule has 1 aromatic carbocycles. The second kappa shape index (κ2) is 8.24. The molecule has 1 fully saturated rings. The van der Waals surface area contributed by atoms with Crippen LogP contribution in [0.15, 0.2) is 30.5 Å². The summed E-state index contributed by atoms with van der Waals surface area (Å²) in [7, 11) is 1.85. The molecule has 8 heteroatoms. The number of benzene rings is 1. The summed E-state index contributed by atoms with van der Waals surface area (Å²) >= 11 is 0. The van der Waals surface area contributed by atoms with Crippen molar-refractivity contribution in [3.8, 4) is 6.07 Å². The fourth-order valence-electron chi connectivity index (χ4n) is 4.66. The summed E-state index contributed by atoms with van der Waals surface area (Å²) in [5, 5.41) is 17.0. The standard InChI is InChI=1S/C24H27N7O/c1-16-12-27-31-22(16)28-21-8-10-26-9-7-20(21)23(31)30-14-19(15-30)24(32)29(2)13-18-5-3-17(11-25)4-6-18/h3-6,12,19,26H,7-10,13-15H2,1-2H3. The van der Waals surface area contributed by atoms with Crippen LogP contribution in [0, 0.1) is 24.2 Å². The molecule has 2 aliphatic rings. The molecular formula is C24H27N7O. The van der Waals surface area contributed by atoms with Crippen molar-refractivity contribution in [1.82, 2.24) is 24.8 Å². The van der Waals surface area contributed by atoms with Crippen LogP contribution in [0.5, 0.6) is 0 Å². The highest BCUT2D eigenvalue weighted by Crippen LogP contribution is 2.32. The fourth-order valence-corrected chi connectivity index (χ4v) is 4.66. The Balaban J connectivity index is 1.33. The van der Waals surface area contributed by atoms with Gasteiger partial charge in [-0.1, -0.05) is 12.1 Å². The topological polar surface area (TPSA) is 89.6 Å². The average molecular weight is 430 g/mol. The lowest BCUT2D eigenvalue weighted by molar-refractivity contribution is -0.135. The first-order valence-corrected chi connectivity index (χ1v) is 11.1. The SMILES string of the molecule is Cc1cnn2c(N3CC(C(=O)N(C)Cc4ccc(C#N)cc4)C3)c3c(nc12)CCNCC3. The average Bonchev–Trinajstić information content (AvgIpc) is 2.98. The minimum absolute atomic E-state index is 0.0298. The Morgan fingerprint density at radius 2 is 2.00 bits per heavy atom. The Bertz CT molecular complexity index is 1200. The number of carbonyl (C=O) groups is 1. The van der Waals surface area contributed by atoms with Gasteiger partial charge in [-0.25, -0.2) is 4.98 Å². The van der Waals surface area contributed by atoms with Crippen LogP contribution in [0.1, 0.15) is 27.9 Å². The zero-order valence-electron chi connectivity index (χ0n) is 18.5. The second-order valence-corrected chi connectivity index (χ2v) is 8.78. The van der Waals surface area contributed by atoms with E-state index in [4.69, 9.17) is 10.2 Å². The Morgan fingerprint density at radius 1 is 1.25 bits per heavy atom. The van der Waals surface area contributed by atoms with Gasteiger partial charge >= 0.3 is 0 Å². The molecule has 32 heavy (non-hydrogen) atoms. The highest BCUT2D eigenvalue weighted by Gasteiger charge is 2.37. The summed E-state index contributed by atoms with van der Waals surface area (Å²) in [5.74, 6) is 1.22. The van der Waals surface area contributed by atoms with Gasteiger partial charge in [-0.05, 0) is 37.6 Å². The van der Waals surface area contributed by atoms with Gasteiger partial charge in [0.05, 0.1) is 29.4 Å². The highest BCUT2D eigenvalue weighted by molar-refractivity contribution is 5.82. The van der Waals surface area contributed by atoms with Crippen LogP contribution >= 0.6 is 0 Å². The van der Waals surface area contributed by atoms with E-state index in [0.29, 0.717) is 25.2 Å². The fraction of sp³-hybridized carbons (Fsp3) is 0.417. The van der Waals surface area contributed by atoms with Crippen LogP contribution in [0.3, 0.4) is 0 Å². The van der Waals surface area contributed by atoms with Crippen molar-refractivity contribution in [2.75, 3.05) is 38.1 Å². The van der Waals surface area contributed by atoms with Crippen molar-refractivity contribution in [2.24, 2.45) is 5.92 Å². The van der Waals surface area contributed by atoms with Gasteiger partial charge in [0.15, 0.2) is 5.65 Å². The van der Waals surface area contributed by atoms with Crippen molar-refractivity contribution in [3.63, 3.8) is 0 Å². The van der Waals surface area contributed by atoms with Crippen LogP contribution in [-0.4, -0.2) is 58.6 Å². The molecule has 1 N–H and O–H groups in total. The molecule has 4 heterocycles. The lowest BCUT2D eigenvalue weighted by atomic mass is 9.96. The molecule has 1 saturated heterocycles. The lowest BCUT2D eigenvalue weighted by Gasteiger charge is -2.42. The van der Waals surface area contributed by atoms with Gasteiger partial charge < -0.3 is 15.1 Å². The monoisotopic (exact) mass is 429 g/mol. The smallest absolute Gasteiger partial charge is 0.229 e. The molecule has 0 atom stereocenters. The maximum atomic E-state index is 13.0. The van der Waals surface area contributed by atoms with Crippen molar-refractivity contribution in [1.29, 1.82) is 5.26 Å². The van der Waals surface area contributed by atoms with Gasteiger partial charge in [-0.2, -0.15) is 14.9 Å². The van der Waals surface area contributed by atoms with E-state index in [2.05, 4.69) is 21.4 Å². The number of hydrogen-bond acceptors (Lipinski definition) is 6. The van der Waals surface area contributed by atoms with Gasteiger partial charge in [-0.3, -0.25) is 4.79 Å². The van der Waals surface area contributed by atoms with Gasteiger partial charge in [0, 0.05) is 50.8 Å². The van der Waals surface area contributed by atoms with E-state index in [0.717, 1.165) is 54.2 Å². The molecular weight excluding hydrogens is 402 g/mol. The third-order valence-corrected chi connectivity index (χ3v) is 6.48. The summed E-state index contributed by atoms with van der Waals surface area (Å²) in [6.07, 6.45) is 3.70. The maximum absolute atomic E-state index is 13.0. The third kappa shape index (κ3) is 3.59. The molecule has 0 bridgehead atoms. The Morgan fingerprint density at radius 3 is 2.75 bits per heavy atom. The number of amides is 1. The van der Waals surface area contributed by atoms with Crippen molar-refractivity contribution < 1.29 is 4.79 Å². The zero-order chi connectivity index (χ0) is 22.2. The molecule has 164 valence electrons. The van der Waals surface area contributed by atoms with Crippen LogP contribution in [0.2, 0.25) is 0 Å². The number of nitrogens with one attached hydrogen (secondary N) is 1. The predicted molar refractivity (Wildman–Crippen MR) is 121 cm³/mol. The van der Waals surface area contributed by atoms with E-state index in [1.54, 1.807) is 17.0 Å². The van der Waals surface area contributed by atoms with Crippen LogP contribution in [-0.2, 0) is 24.2 Å². The summed E-state index contributed by atoms with van der Waals surface area (Å²) in [5.41, 5.74) is 6.03. The number of nitriles is 1. The van der Waals surface area contributed by atoms with Crippen molar-refractivity contribution in [3.05, 3.63) is 58.4 Å². The van der Waals surface area contributed by atoms with Gasteiger partial charge in [0.1, 0.15) is 5.82 Å². The predicted octanol–water partition coefficient (Wildman–Crippen LogP) is 1.69. The molecule has 3 aromatic rings. The van der Waals surface area contributed by atoms with Gasteiger partial charge in [-0.15, -0.1) is 0 Å². The summed E-state index contributed by atoms with van der Waals surface area (Å²) in [6, 6.07) is 9.53. The molecule has 0 unspecified atom stereocenters. The summed E-state index contributed by atoms with van der Waals surface area (Å²) in [6.45, 7) is 5.82. The Hall–Kier alpha value is -3.44. The first kappa shape index (κ1) is 20.5. The maximum Gasteiger partial charge on any atom is 0.229 e. The zero-order valence-corrected chi connectivity index (χ0v) is 18.5. The summed E-state index contributed by atoms with van der Waals surface area (Å²) in [4.78, 5) is 22.0. The van der Waals surface area contributed by atoms with Crippen molar-refractivity contribution in [2.45, 2.75) is 26.3 Å². The number of aryl methyl sites for hydroxylation is 1. The molecule has 2 aromatic heterocycles. The Kier molecular flexibility index (Phi) is 5.27. The minimum atomic E-state index is -0.0298. The van der Waals surface area contributed by atoms with Gasteiger partial charge in [0.25, 0.3) is 0 Å². The first-order valence-electron chi connectivity index (χ1n) is 11.1. The normalized spacial score (nSPS) is 16.2. The van der Waals surface area contributed by atoms with Crippen LogP contribution < -0.4 is 10.2 Å². The minimum Gasteiger partial charge on any atom is -0.354 e. The van der Waals surface area contributed by atoms with E-state index < -0.39 is 0 Å². The number of nitrogens with zero attached hydrogens (tertiary/aromatic N) is 6. The molecule has 0 aliphatic carbocycles. The molecule has 8 nitrogen and oxygen atoms in total. The molecule has 5 rings (SSSR count). The number of rotatable bonds is 4. The summed E-state index contributed by atoms with van der Waals surface area (Å²) < 4.78 is 1.96. The van der Waals surface area contributed by atoms with E-state index in [1.807, 2.05) is 36.8 Å². The first-order chi connectivity index (χ1) is 15.5. The number of fused-ring (bicyclic) bond motifs is 2. The van der Waals surface area contributed by atoms with Crippen molar-refractivity contribution >= 4 is 17.4 Å². The number of carbonyl (C=O) groups excluding carboxylic acids is 1. The number of aromatic nitrogens is 3. The number of hydrogen-bond donors (Lipinski definition) is 1. The molecule has 0 radical (unpaired) electrons. The molecule has 0 spiro atoms. The molecule has 1 amide bonds. The highest BCUT2D eigenvalue weighted by atomic mass is 16.2. The van der Waals surface area contributed by atoms with E-state index in [9.17, 15) is 4.79 Å². The molecule has 0 saturated carbocycles. The lowest BCUT2D eigenvalue weighted by Crippen LogP contribution is -2.54. The van der Waals surface area contributed by atoms with Crippen LogP contribution in [0.4, 0.5) is 5.82 Å². The second-order valence-electron chi connectivity index (χ2n) is 8.78. The van der Waals surface area contributed by atoms with Crippen LogP contribution in [0.25, 0.3) is 5.65 Å². The molecule has 2 aliphatic heterocycles. The van der Waals surface area contributed by atoms with E-state index in [-0.39, 0.29) is 11.8 Å². The Labute approximate surface area is 187 Å². The van der Waals surface area contributed by atoms with Gasteiger partial charge in [0.2, 0.25) is 5.91 Å². The van der Waals surface area contributed by atoms with E-state index >= 15 is 0 Å². The number of anilines is 1. The quantitative estimate of drug-likeness (QED) is 0.679. The third-order valence-electron chi connectivity index (χ3n) is 6.48. The largest absolute Gasteiger partial charge is 0.354 e.